The Balaban J connectivity index is 1.57. The van der Waals surface area contributed by atoms with Crippen LogP contribution in [0.15, 0.2) is 66.0 Å². The van der Waals surface area contributed by atoms with Crippen molar-refractivity contribution in [1.82, 2.24) is 9.97 Å². The molecule has 4 aromatic rings. The Morgan fingerprint density at radius 3 is 2.64 bits per heavy atom. The minimum absolute atomic E-state index is 0.181. The number of amides is 1. The molecule has 2 heterocycles. The third-order valence-electron chi connectivity index (χ3n) is 3.89. The molecule has 0 fully saturated rings. The summed E-state index contributed by atoms with van der Waals surface area (Å²) in [6.07, 6.45) is 0. The molecule has 4 nitrogen and oxygen atoms in total. The van der Waals surface area contributed by atoms with E-state index in [0.717, 1.165) is 27.9 Å². The average Bonchev–Trinajstić information content (AvgIpc) is 3.10. The summed E-state index contributed by atoms with van der Waals surface area (Å²) in [6, 6.07) is 19.4. The Hall–Kier alpha value is -3.05. The number of hydrogen-bond acceptors (Lipinski definition) is 4. The van der Waals surface area contributed by atoms with Crippen molar-refractivity contribution in [2.45, 2.75) is 6.92 Å². The summed E-state index contributed by atoms with van der Waals surface area (Å²) in [4.78, 5) is 21.5. The first-order chi connectivity index (χ1) is 12.2. The van der Waals surface area contributed by atoms with Crippen molar-refractivity contribution in [3.8, 4) is 11.3 Å². The maximum atomic E-state index is 12.5. The molecular weight excluding hydrogens is 330 g/mol. The summed E-state index contributed by atoms with van der Waals surface area (Å²) in [7, 11) is 0. The van der Waals surface area contributed by atoms with Crippen molar-refractivity contribution < 1.29 is 4.79 Å². The lowest BCUT2D eigenvalue weighted by atomic mass is 10.1. The Kier molecular flexibility index (Phi) is 3.99. The van der Waals surface area contributed by atoms with Gasteiger partial charge in [-0.1, -0.05) is 42.5 Å². The van der Waals surface area contributed by atoms with E-state index in [4.69, 9.17) is 0 Å². The van der Waals surface area contributed by atoms with E-state index in [-0.39, 0.29) is 5.91 Å². The largest absolute Gasteiger partial charge is 0.298 e. The summed E-state index contributed by atoms with van der Waals surface area (Å²) < 4.78 is 0. The van der Waals surface area contributed by atoms with E-state index in [2.05, 4.69) is 15.3 Å². The fourth-order valence-corrected chi connectivity index (χ4v) is 3.32. The van der Waals surface area contributed by atoms with Crippen LogP contribution in [0.4, 0.5) is 5.13 Å². The molecule has 1 amide bonds. The molecule has 0 aliphatic heterocycles. The van der Waals surface area contributed by atoms with Crippen molar-refractivity contribution in [2.24, 2.45) is 0 Å². The second-order valence-corrected chi connectivity index (χ2v) is 6.58. The van der Waals surface area contributed by atoms with Gasteiger partial charge in [0.25, 0.3) is 5.91 Å². The molecule has 0 aliphatic rings. The number of aryl methyl sites for hydroxylation is 1. The Labute approximate surface area is 149 Å². The molecule has 2 aromatic carbocycles. The molecule has 2 aromatic heterocycles. The van der Waals surface area contributed by atoms with Gasteiger partial charge in [0.05, 0.1) is 11.2 Å². The molecule has 4 rings (SSSR count). The van der Waals surface area contributed by atoms with Gasteiger partial charge in [-0.25, -0.2) is 4.98 Å². The van der Waals surface area contributed by atoms with Crippen molar-refractivity contribution >= 4 is 33.3 Å². The van der Waals surface area contributed by atoms with Crippen LogP contribution in [0, 0.1) is 6.92 Å². The van der Waals surface area contributed by atoms with Crippen LogP contribution in [-0.4, -0.2) is 15.9 Å². The quantitative estimate of drug-likeness (QED) is 0.573. The van der Waals surface area contributed by atoms with Crippen molar-refractivity contribution in [3.05, 3.63) is 77.3 Å². The van der Waals surface area contributed by atoms with Gasteiger partial charge in [-0.3, -0.25) is 15.1 Å². The Bertz CT molecular complexity index is 1060. The van der Waals surface area contributed by atoms with Crippen LogP contribution in [0.25, 0.3) is 22.2 Å². The van der Waals surface area contributed by atoms with Crippen LogP contribution in [0.3, 0.4) is 0 Å². The van der Waals surface area contributed by atoms with Gasteiger partial charge in [0.2, 0.25) is 0 Å². The highest BCUT2D eigenvalue weighted by molar-refractivity contribution is 7.14. The minimum atomic E-state index is -0.181. The van der Waals surface area contributed by atoms with Crippen LogP contribution in [0.5, 0.6) is 0 Å². The van der Waals surface area contributed by atoms with Crippen LogP contribution in [0.2, 0.25) is 0 Å². The van der Waals surface area contributed by atoms with Gasteiger partial charge in [0.1, 0.15) is 0 Å². The SMILES string of the molecule is Cc1ccc2ccc(C(=O)Nc3nc(-c4ccccc4)cs3)cc2n1. The molecule has 25 heavy (non-hydrogen) atoms. The third kappa shape index (κ3) is 3.27. The number of aromatic nitrogens is 2. The molecule has 1 N–H and O–H groups in total. The van der Waals surface area contributed by atoms with Crippen LogP contribution < -0.4 is 5.32 Å². The summed E-state index contributed by atoms with van der Waals surface area (Å²) in [5, 5.41) is 6.41. The molecule has 0 unspecified atom stereocenters. The zero-order valence-corrected chi connectivity index (χ0v) is 14.4. The number of rotatable bonds is 3. The van der Waals surface area contributed by atoms with E-state index in [1.165, 1.54) is 11.3 Å². The Morgan fingerprint density at radius 2 is 1.80 bits per heavy atom. The number of carbonyl (C=O) groups is 1. The first-order valence-electron chi connectivity index (χ1n) is 7.89. The number of benzene rings is 2. The maximum Gasteiger partial charge on any atom is 0.257 e. The van der Waals surface area contributed by atoms with Gasteiger partial charge in [0.15, 0.2) is 5.13 Å². The normalized spacial score (nSPS) is 10.8. The van der Waals surface area contributed by atoms with E-state index >= 15 is 0 Å². The van der Waals surface area contributed by atoms with E-state index in [1.807, 2.05) is 66.9 Å². The lowest BCUT2D eigenvalue weighted by Gasteiger charge is -2.04. The second kappa shape index (κ2) is 6.45. The molecule has 0 spiro atoms. The zero-order valence-electron chi connectivity index (χ0n) is 13.6. The summed E-state index contributed by atoms with van der Waals surface area (Å²) in [6.45, 7) is 1.94. The average molecular weight is 345 g/mol. The maximum absolute atomic E-state index is 12.5. The number of thiazole rings is 1. The standard InChI is InChI=1S/C20H15N3OS/c1-13-7-8-15-9-10-16(11-17(15)21-13)19(24)23-20-22-18(12-25-20)14-5-3-2-4-6-14/h2-12H,1H3,(H,22,23,24). The second-order valence-electron chi connectivity index (χ2n) is 5.72. The number of pyridine rings is 1. The first-order valence-corrected chi connectivity index (χ1v) is 8.77. The highest BCUT2D eigenvalue weighted by Gasteiger charge is 2.11. The van der Waals surface area contributed by atoms with Crippen LogP contribution in [0.1, 0.15) is 16.1 Å². The lowest BCUT2D eigenvalue weighted by Crippen LogP contribution is -2.11. The highest BCUT2D eigenvalue weighted by Crippen LogP contribution is 2.25. The number of anilines is 1. The topological polar surface area (TPSA) is 54.9 Å². The van der Waals surface area contributed by atoms with E-state index < -0.39 is 0 Å². The predicted octanol–water partition coefficient (Wildman–Crippen LogP) is 4.92. The van der Waals surface area contributed by atoms with Gasteiger partial charge >= 0.3 is 0 Å². The van der Waals surface area contributed by atoms with E-state index in [9.17, 15) is 4.79 Å². The fraction of sp³-hybridized carbons (Fsp3) is 0.0500. The Morgan fingerprint density at radius 1 is 1.00 bits per heavy atom. The number of nitrogens with one attached hydrogen (secondary N) is 1. The molecule has 0 aliphatic carbocycles. The van der Waals surface area contributed by atoms with Gasteiger partial charge in [0, 0.05) is 27.6 Å². The van der Waals surface area contributed by atoms with E-state index in [0.29, 0.717) is 10.7 Å². The molecule has 0 bridgehead atoms. The fourth-order valence-electron chi connectivity index (χ4n) is 2.60. The van der Waals surface area contributed by atoms with Crippen molar-refractivity contribution in [2.75, 3.05) is 5.32 Å². The first kappa shape index (κ1) is 15.5. The molecular formula is C20H15N3OS. The molecule has 0 saturated carbocycles. The van der Waals surface area contributed by atoms with Crippen molar-refractivity contribution in [3.63, 3.8) is 0 Å². The number of carbonyl (C=O) groups excluding carboxylic acids is 1. The number of hydrogen-bond donors (Lipinski definition) is 1. The lowest BCUT2D eigenvalue weighted by molar-refractivity contribution is 0.102. The molecule has 0 saturated heterocycles. The van der Waals surface area contributed by atoms with Gasteiger partial charge < -0.3 is 0 Å². The molecule has 0 atom stereocenters. The third-order valence-corrected chi connectivity index (χ3v) is 4.65. The predicted molar refractivity (Wildman–Crippen MR) is 102 cm³/mol. The summed E-state index contributed by atoms with van der Waals surface area (Å²) in [5.74, 6) is -0.181. The zero-order chi connectivity index (χ0) is 17.2. The molecule has 122 valence electrons. The monoisotopic (exact) mass is 345 g/mol. The van der Waals surface area contributed by atoms with Gasteiger partial charge in [-0.05, 0) is 25.1 Å². The smallest absolute Gasteiger partial charge is 0.257 e. The summed E-state index contributed by atoms with van der Waals surface area (Å²) in [5.41, 5.74) is 4.21. The summed E-state index contributed by atoms with van der Waals surface area (Å²) >= 11 is 1.41. The molecule has 0 radical (unpaired) electrons. The van der Waals surface area contributed by atoms with Gasteiger partial charge in [-0.15, -0.1) is 11.3 Å². The highest BCUT2D eigenvalue weighted by atomic mass is 32.1. The van der Waals surface area contributed by atoms with E-state index in [1.54, 1.807) is 6.07 Å². The molecule has 5 heteroatoms. The minimum Gasteiger partial charge on any atom is -0.298 e. The number of nitrogens with zero attached hydrogens (tertiary/aromatic N) is 2. The van der Waals surface area contributed by atoms with Crippen LogP contribution in [-0.2, 0) is 0 Å². The van der Waals surface area contributed by atoms with Crippen LogP contribution >= 0.6 is 11.3 Å². The van der Waals surface area contributed by atoms with Crippen molar-refractivity contribution in [1.29, 1.82) is 0 Å². The number of fused-ring (bicyclic) bond motifs is 1. The van der Waals surface area contributed by atoms with Gasteiger partial charge in [-0.2, -0.15) is 0 Å².